The van der Waals surface area contributed by atoms with Gasteiger partial charge in [-0.2, -0.15) is 8.42 Å². The van der Waals surface area contributed by atoms with Crippen molar-refractivity contribution in [1.82, 2.24) is 4.90 Å². The summed E-state index contributed by atoms with van der Waals surface area (Å²) in [7, 11) is -4.73. The average Bonchev–Trinajstić information content (AvgIpc) is 2.81. The molecular weight excluding hydrogens is 352 g/mol. The number of rotatable bonds is 4. The zero-order chi connectivity index (χ0) is 18.9. The topological polar surface area (TPSA) is 63.7 Å². The molecule has 1 atom stereocenters. The lowest BCUT2D eigenvalue weighted by Gasteiger charge is -2.29. The van der Waals surface area contributed by atoms with Gasteiger partial charge in [0.25, 0.3) is 0 Å². The highest BCUT2D eigenvalue weighted by atomic mass is 32.3. The number of carbonyl (C=O) groups excluding carboxylic acids is 1. The first-order valence-corrected chi connectivity index (χ1v) is 9.58. The predicted molar refractivity (Wildman–Crippen MR) is 89.9 cm³/mol. The summed E-state index contributed by atoms with van der Waals surface area (Å²) in [6, 6.07) is 5.62. The monoisotopic (exact) mass is 375 g/mol. The van der Waals surface area contributed by atoms with Gasteiger partial charge in [-0.25, -0.2) is 9.18 Å². The molecule has 1 fully saturated rings. The van der Waals surface area contributed by atoms with Gasteiger partial charge in [-0.15, -0.1) is 3.89 Å². The van der Waals surface area contributed by atoms with Crippen LogP contribution >= 0.6 is 0 Å². The van der Waals surface area contributed by atoms with Crippen molar-refractivity contribution in [2.45, 2.75) is 39.2 Å². The lowest BCUT2D eigenvalue weighted by molar-refractivity contribution is 0.0276. The molecular formula is C17H23F2NO4S. The number of halogens is 2. The maximum absolute atomic E-state index is 13.4. The molecule has 8 heteroatoms. The molecule has 1 aliphatic rings. The van der Waals surface area contributed by atoms with E-state index in [1.807, 2.05) is 0 Å². The minimum absolute atomic E-state index is 0.0719. The molecule has 0 aromatic heterocycles. The Balaban J connectivity index is 2.20. The standard InChI is InChI=1S/C17H23F2NO4S/c1-16(2,3)24-15(21)20-9-8-17(11-20,12-25(19,22)23)10-13-4-6-14(18)7-5-13/h4-7H,8-12H2,1-3H3. The molecule has 1 aliphatic heterocycles. The van der Waals surface area contributed by atoms with Crippen molar-refractivity contribution in [1.29, 1.82) is 0 Å². The second-order valence-electron chi connectivity index (χ2n) is 7.64. The van der Waals surface area contributed by atoms with E-state index in [1.54, 1.807) is 20.8 Å². The number of likely N-dealkylation sites (tertiary alicyclic amines) is 1. The van der Waals surface area contributed by atoms with Crippen molar-refractivity contribution in [3.8, 4) is 0 Å². The van der Waals surface area contributed by atoms with E-state index in [1.165, 1.54) is 29.2 Å². The summed E-state index contributed by atoms with van der Waals surface area (Å²) in [6.45, 7) is 5.56. The molecule has 1 amide bonds. The highest BCUT2D eigenvalue weighted by Gasteiger charge is 2.44. The summed E-state index contributed by atoms with van der Waals surface area (Å²) in [4.78, 5) is 13.6. The van der Waals surface area contributed by atoms with Crippen LogP contribution in [0.5, 0.6) is 0 Å². The third-order valence-corrected chi connectivity index (χ3v) is 5.02. The molecule has 0 spiro atoms. The molecule has 5 nitrogen and oxygen atoms in total. The average molecular weight is 375 g/mol. The van der Waals surface area contributed by atoms with E-state index >= 15 is 0 Å². The smallest absolute Gasteiger partial charge is 0.410 e. The fourth-order valence-corrected chi connectivity index (χ4v) is 4.20. The van der Waals surface area contributed by atoms with E-state index in [-0.39, 0.29) is 19.5 Å². The Bertz CT molecular complexity index is 728. The fourth-order valence-electron chi connectivity index (χ4n) is 3.13. The predicted octanol–water partition coefficient (Wildman–Crippen LogP) is 3.29. The van der Waals surface area contributed by atoms with Crippen LogP contribution in [0.1, 0.15) is 32.8 Å². The van der Waals surface area contributed by atoms with Crippen molar-refractivity contribution in [3.63, 3.8) is 0 Å². The maximum Gasteiger partial charge on any atom is 0.410 e. The first-order valence-electron chi connectivity index (χ1n) is 8.02. The van der Waals surface area contributed by atoms with E-state index in [9.17, 15) is 21.5 Å². The molecule has 0 radical (unpaired) electrons. The van der Waals surface area contributed by atoms with Gasteiger partial charge in [-0.3, -0.25) is 0 Å². The Morgan fingerprint density at radius 3 is 2.40 bits per heavy atom. The van der Waals surface area contributed by atoms with Crippen molar-refractivity contribution in [2.24, 2.45) is 5.41 Å². The molecule has 0 N–H and O–H groups in total. The molecule has 1 aromatic carbocycles. The molecule has 1 heterocycles. The fraction of sp³-hybridized carbons (Fsp3) is 0.588. The summed E-state index contributed by atoms with van der Waals surface area (Å²) in [5.74, 6) is -1.09. The van der Waals surface area contributed by atoms with Crippen LogP contribution in [0.2, 0.25) is 0 Å². The van der Waals surface area contributed by atoms with Gasteiger partial charge in [0.05, 0.1) is 5.75 Å². The van der Waals surface area contributed by atoms with E-state index in [0.717, 1.165) is 0 Å². The van der Waals surface area contributed by atoms with Crippen LogP contribution in [-0.2, 0) is 21.4 Å². The molecule has 0 bridgehead atoms. The molecule has 0 saturated carbocycles. The van der Waals surface area contributed by atoms with Crippen LogP contribution in [0.15, 0.2) is 24.3 Å². The van der Waals surface area contributed by atoms with E-state index < -0.39 is 38.9 Å². The van der Waals surface area contributed by atoms with Gasteiger partial charge in [0.15, 0.2) is 0 Å². The number of amides is 1. The molecule has 1 unspecified atom stereocenters. The number of benzene rings is 1. The highest BCUT2D eigenvalue weighted by molar-refractivity contribution is 7.86. The third-order valence-electron chi connectivity index (χ3n) is 4.06. The van der Waals surface area contributed by atoms with Crippen LogP contribution in [0, 0.1) is 11.2 Å². The van der Waals surface area contributed by atoms with Gasteiger partial charge in [-0.1, -0.05) is 12.1 Å². The second kappa shape index (κ2) is 6.90. The Kier molecular flexibility index (Phi) is 5.41. The lowest BCUT2D eigenvalue weighted by Crippen LogP contribution is -2.39. The summed E-state index contributed by atoms with van der Waals surface area (Å²) in [6.07, 6.45) is 0.00686. The number of hydrogen-bond donors (Lipinski definition) is 0. The van der Waals surface area contributed by atoms with E-state index in [0.29, 0.717) is 12.0 Å². The number of hydrogen-bond acceptors (Lipinski definition) is 4. The minimum atomic E-state index is -4.73. The SMILES string of the molecule is CC(C)(C)OC(=O)N1CCC(Cc2ccc(F)cc2)(CS(=O)(=O)F)C1. The molecule has 1 saturated heterocycles. The highest BCUT2D eigenvalue weighted by Crippen LogP contribution is 2.37. The van der Waals surface area contributed by atoms with Crippen LogP contribution in [-0.4, -0.2) is 43.9 Å². The van der Waals surface area contributed by atoms with Crippen LogP contribution in [0.4, 0.5) is 13.1 Å². The first kappa shape index (κ1) is 19.6. The van der Waals surface area contributed by atoms with Crippen molar-refractivity contribution >= 4 is 16.3 Å². The molecule has 2 rings (SSSR count). The normalized spacial score (nSPS) is 21.4. The van der Waals surface area contributed by atoms with Crippen LogP contribution in [0.3, 0.4) is 0 Å². The summed E-state index contributed by atoms with van der Waals surface area (Å²) in [5.41, 5.74) is -0.940. The Hall–Kier alpha value is -1.70. The number of ether oxygens (including phenoxy) is 1. The van der Waals surface area contributed by atoms with Gasteiger partial charge in [0.1, 0.15) is 11.4 Å². The third kappa shape index (κ3) is 5.95. The number of carbonyl (C=O) groups is 1. The summed E-state index contributed by atoms with van der Waals surface area (Å²) < 4.78 is 54.4. The zero-order valence-corrected chi connectivity index (χ0v) is 15.4. The van der Waals surface area contributed by atoms with E-state index in [4.69, 9.17) is 4.74 Å². The molecule has 0 aliphatic carbocycles. The Morgan fingerprint density at radius 1 is 1.28 bits per heavy atom. The number of nitrogens with zero attached hydrogens (tertiary/aromatic N) is 1. The lowest BCUT2D eigenvalue weighted by atomic mass is 9.82. The van der Waals surface area contributed by atoms with Gasteiger partial charge in [-0.05, 0) is 51.3 Å². The van der Waals surface area contributed by atoms with Gasteiger partial charge in [0.2, 0.25) is 0 Å². The van der Waals surface area contributed by atoms with Gasteiger partial charge < -0.3 is 9.64 Å². The van der Waals surface area contributed by atoms with Crippen LogP contribution < -0.4 is 0 Å². The van der Waals surface area contributed by atoms with Gasteiger partial charge in [0, 0.05) is 18.5 Å². The second-order valence-corrected chi connectivity index (χ2v) is 9.00. The first-order chi connectivity index (χ1) is 11.4. The van der Waals surface area contributed by atoms with Crippen molar-refractivity contribution < 1.29 is 26.2 Å². The van der Waals surface area contributed by atoms with E-state index in [2.05, 4.69) is 0 Å². The summed E-state index contributed by atoms with van der Waals surface area (Å²) in [5, 5.41) is 0. The largest absolute Gasteiger partial charge is 0.444 e. The van der Waals surface area contributed by atoms with Crippen molar-refractivity contribution in [3.05, 3.63) is 35.6 Å². The van der Waals surface area contributed by atoms with Gasteiger partial charge >= 0.3 is 16.3 Å². The Morgan fingerprint density at radius 2 is 1.88 bits per heavy atom. The van der Waals surface area contributed by atoms with Crippen LogP contribution in [0.25, 0.3) is 0 Å². The minimum Gasteiger partial charge on any atom is -0.444 e. The zero-order valence-electron chi connectivity index (χ0n) is 14.6. The molecule has 25 heavy (non-hydrogen) atoms. The maximum atomic E-state index is 13.4. The molecule has 140 valence electrons. The summed E-state index contributed by atoms with van der Waals surface area (Å²) >= 11 is 0. The van der Waals surface area contributed by atoms with Crippen molar-refractivity contribution in [2.75, 3.05) is 18.8 Å². The Labute approximate surface area is 147 Å². The molecule has 1 aromatic rings. The quantitative estimate of drug-likeness (QED) is 0.758.